The second kappa shape index (κ2) is 7.16. The summed E-state index contributed by atoms with van der Waals surface area (Å²) in [6.45, 7) is 2.11. The zero-order chi connectivity index (χ0) is 14.4. The monoisotopic (exact) mass is 338 g/mol. The third kappa shape index (κ3) is 4.14. The lowest BCUT2D eigenvalue weighted by atomic mass is 10.2. The number of benzene rings is 1. The van der Waals surface area contributed by atoms with E-state index in [4.69, 9.17) is 0 Å². The van der Waals surface area contributed by atoms with E-state index >= 15 is 0 Å². The number of nitrogens with zero attached hydrogens (tertiary/aromatic N) is 3. The maximum absolute atomic E-state index is 11.0. The predicted molar refractivity (Wildman–Crippen MR) is 79.3 cm³/mol. The quantitative estimate of drug-likeness (QED) is 0.478. The van der Waals surface area contributed by atoms with Gasteiger partial charge in [-0.25, -0.2) is 0 Å². The zero-order valence-corrected chi connectivity index (χ0v) is 12.4. The fourth-order valence-electron chi connectivity index (χ4n) is 1.88. The highest BCUT2D eigenvalue weighted by molar-refractivity contribution is 9.10. The third-order valence-corrected chi connectivity index (χ3v) is 3.35. The number of nitro groups is 1. The Morgan fingerprint density at radius 3 is 3.00 bits per heavy atom. The molecular formula is C13H15BrN4O2. The van der Waals surface area contributed by atoms with Crippen molar-refractivity contribution in [3.63, 3.8) is 0 Å². The minimum Gasteiger partial charge on any atom is -0.312 e. The summed E-state index contributed by atoms with van der Waals surface area (Å²) in [4.78, 5) is 10.6. The van der Waals surface area contributed by atoms with Crippen molar-refractivity contribution in [1.29, 1.82) is 0 Å². The van der Waals surface area contributed by atoms with Crippen LogP contribution in [0.25, 0.3) is 0 Å². The van der Waals surface area contributed by atoms with Crippen molar-refractivity contribution >= 4 is 21.6 Å². The van der Waals surface area contributed by atoms with Crippen LogP contribution in [0.15, 0.2) is 41.1 Å². The van der Waals surface area contributed by atoms with Crippen LogP contribution in [0.5, 0.6) is 0 Å². The van der Waals surface area contributed by atoms with Crippen molar-refractivity contribution in [1.82, 2.24) is 15.1 Å². The molecule has 0 aliphatic rings. The summed E-state index contributed by atoms with van der Waals surface area (Å²) in [5, 5.41) is 18.3. The number of nitro benzene ring substituents is 1. The molecule has 0 aliphatic heterocycles. The standard InChI is InChI=1S/C13H15BrN4O2/c14-12-4-3-11(13(9-12)18(19)20)10-15-5-1-7-17-8-2-6-16-17/h2-4,6,8-9,15H,1,5,7,10H2. The summed E-state index contributed by atoms with van der Waals surface area (Å²) < 4.78 is 2.58. The molecule has 6 nitrogen and oxygen atoms in total. The van der Waals surface area contributed by atoms with Gasteiger partial charge >= 0.3 is 0 Å². The number of rotatable bonds is 7. The van der Waals surface area contributed by atoms with Gasteiger partial charge in [-0.2, -0.15) is 5.10 Å². The molecule has 0 saturated carbocycles. The van der Waals surface area contributed by atoms with Gasteiger partial charge in [-0.1, -0.05) is 15.9 Å². The predicted octanol–water partition coefficient (Wildman–Crippen LogP) is 2.73. The van der Waals surface area contributed by atoms with E-state index in [-0.39, 0.29) is 10.6 Å². The molecule has 1 N–H and O–H groups in total. The topological polar surface area (TPSA) is 73.0 Å². The van der Waals surface area contributed by atoms with E-state index in [1.165, 1.54) is 6.07 Å². The van der Waals surface area contributed by atoms with Crippen LogP contribution in [-0.4, -0.2) is 21.2 Å². The van der Waals surface area contributed by atoms with E-state index in [1.807, 2.05) is 23.0 Å². The number of aryl methyl sites for hydroxylation is 1. The van der Waals surface area contributed by atoms with Crippen LogP contribution in [0, 0.1) is 10.1 Å². The molecule has 106 valence electrons. The van der Waals surface area contributed by atoms with Gasteiger partial charge in [0.1, 0.15) is 0 Å². The Balaban J connectivity index is 1.80. The van der Waals surface area contributed by atoms with Crippen molar-refractivity contribution in [3.8, 4) is 0 Å². The fourth-order valence-corrected chi connectivity index (χ4v) is 2.23. The van der Waals surface area contributed by atoms with Gasteiger partial charge in [0.2, 0.25) is 0 Å². The summed E-state index contributed by atoms with van der Waals surface area (Å²) in [7, 11) is 0. The molecule has 1 aromatic carbocycles. The first-order chi connectivity index (χ1) is 9.66. The highest BCUT2D eigenvalue weighted by Gasteiger charge is 2.13. The Bertz CT molecular complexity index is 572. The summed E-state index contributed by atoms with van der Waals surface area (Å²) >= 11 is 3.25. The average Bonchev–Trinajstić information content (AvgIpc) is 2.92. The van der Waals surface area contributed by atoms with Crippen molar-refractivity contribution in [2.75, 3.05) is 6.54 Å². The van der Waals surface area contributed by atoms with Crippen LogP contribution in [0.3, 0.4) is 0 Å². The molecule has 2 rings (SSSR count). The van der Waals surface area contributed by atoms with Crippen LogP contribution in [0.4, 0.5) is 5.69 Å². The minimum atomic E-state index is -0.356. The zero-order valence-electron chi connectivity index (χ0n) is 10.8. The van der Waals surface area contributed by atoms with Crippen LogP contribution in [-0.2, 0) is 13.1 Å². The number of hydrogen-bond donors (Lipinski definition) is 1. The van der Waals surface area contributed by atoms with E-state index < -0.39 is 0 Å². The first-order valence-electron chi connectivity index (χ1n) is 6.28. The van der Waals surface area contributed by atoms with Gasteiger partial charge in [-0.05, 0) is 31.2 Å². The molecule has 0 fully saturated rings. The second-order valence-electron chi connectivity index (χ2n) is 4.33. The van der Waals surface area contributed by atoms with Crippen LogP contribution in [0.2, 0.25) is 0 Å². The summed E-state index contributed by atoms with van der Waals surface area (Å²) in [6.07, 6.45) is 4.59. The summed E-state index contributed by atoms with van der Waals surface area (Å²) in [5.41, 5.74) is 0.830. The van der Waals surface area contributed by atoms with E-state index in [9.17, 15) is 10.1 Å². The SMILES string of the molecule is O=[N+]([O-])c1cc(Br)ccc1CNCCCn1cccn1. The van der Waals surface area contributed by atoms with E-state index in [0.717, 1.165) is 19.5 Å². The van der Waals surface area contributed by atoms with Crippen molar-refractivity contribution in [2.45, 2.75) is 19.5 Å². The highest BCUT2D eigenvalue weighted by Crippen LogP contribution is 2.23. The molecule has 0 spiro atoms. The lowest BCUT2D eigenvalue weighted by Crippen LogP contribution is -2.17. The van der Waals surface area contributed by atoms with Crippen molar-refractivity contribution in [2.24, 2.45) is 0 Å². The molecule has 7 heteroatoms. The smallest absolute Gasteiger partial charge is 0.275 e. The van der Waals surface area contributed by atoms with Crippen molar-refractivity contribution < 1.29 is 4.92 Å². The molecule has 1 heterocycles. The largest absolute Gasteiger partial charge is 0.312 e. The number of nitrogens with one attached hydrogen (secondary N) is 1. The Morgan fingerprint density at radius 1 is 1.45 bits per heavy atom. The number of hydrogen-bond acceptors (Lipinski definition) is 4. The maximum Gasteiger partial charge on any atom is 0.275 e. The lowest BCUT2D eigenvalue weighted by molar-refractivity contribution is -0.385. The number of halogens is 1. The van der Waals surface area contributed by atoms with E-state index in [0.29, 0.717) is 16.6 Å². The van der Waals surface area contributed by atoms with E-state index in [1.54, 1.807) is 12.3 Å². The molecule has 0 amide bonds. The van der Waals surface area contributed by atoms with Gasteiger partial charge in [-0.3, -0.25) is 14.8 Å². The minimum absolute atomic E-state index is 0.138. The molecule has 0 bridgehead atoms. The van der Waals surface area contributed by atoms with Gasteiger partial charge in [0.15, 0.2) is 0 Å². The average molecular weight is 339 g/mol. The summed E-state index contributed by atoms with van der Waals surface area (Å²) in [6, 6.07) is 7.00. The van der Waals surface area contributed by atoms with Gasteiger partial charge in [0.05, 0.1) is 4.92 Å². The Labute approximate surface area is 125 Å². The van der Waals surface area contributed by atoms with Gasteiger partial charge in [0, 0.05) is 41.6 Å². The van der Waals surface area contributed by atoms with Crippen LogP contribution >= 0.6 is 15.9 Å². The molecule has 20 heavy (non-hydrogen) atoms. The van der Waals surface area contributed by atoms with Crippen LogP contribution < -0.4 is 5.32 Å². The molecule has 0 aliphatic carbocycles. The summed E-state index contributed by atoms with van der Waals surface area (Å²) in [5.74, 6) is 0. The molecule has 0 unspecified atom stereocenters. The first kappa shape index (κ1) is 14.7. The molecule has 2 aromatic rings. The van der Waals surface area contributed by atoms with Gasteiger partial charge in [-0.15, -0.1) is 0 Å². The van der Waals surface area contributed by atoms with E-state index in [2.05, 4.69) is 26.3 Å². The Morgan fingerprint density at radius 2 is 2.30 bits per heavy atom. The maximum atomic E-state index is 11.0. The fraction of sp³-hybridized carbons (Fsp3) is 0.308. The first-order valence-corrected chi connectivity index (χ1v) is 7.07. The Hall–Kier alpha value is -1.73. The normalized spacial score (nSPS) is 10.7. The molecule has 0 radical (unpaired) electrons. The number of aromatic nitrogens is 2. The van der Waals surface area contributed by atoms with Gasteiger partial charge < -0.3 is 5.32 Å². The molecule has 0 saturated heterocycles. The molecule has 0 atom stereocenters. The molecule has 1 aromatic heterocycles. The highest BCUT2D eigenvalue weighted by atomic mass is 79.9. The lowest BCUT2D eigenvalue weighted by Gasteiger charge is -2.06. The second-order valence-corrected chi connectivity index (χ2v) is 5.25. The van der Waals surface area contributed by atoms with Crippen LogP contribution in [0.1, 0.15) is 12.0 Å². The van der Waals surface area contributed by atoms with Gasteiger partial charge in [0.25, 0.3) is 5.69 Å². The Kier molecular flexibility index (Phi) is 5.25. The third-order valence-electron chi connectivity index (χ3n) is 2.86. The molecular weight excluding hydrogens is 324 g/mol. The van der Waals surface area contributed by atoms with Crippen molar-refractivity contribution in [3.05, 3.63) is 56.8 Å².